The third kappa shape index (κ3) is 5.18. The van der Waals surface area contributed by atoms with Gasteiger partial charge in [0.25, 0.3) is 5.95 Å². The van der Waals surface area contributed by atoms with Gasteiger partial charge in [0, 0.05) is 6.07 Å². The molecule has 14 heavy (non-hydrogen) atoms. The average molecular weight is 203 g/mol. The molecular weight excluding hydrogens is 190 g/mol. The molecule has 1 heterocycles. The van der Waals surface area contributed by atoms with Crippen molar-refractivity contribution >= 4 is 5.97 Å². The van der Waals surface area contributed by atoms with E-state index in [1.165, 1.54) is 19.3 Å². The molecule has 0 saturated heterocycles. The molecule has 0 amide bonds. The van der Waals surface area contributed by atoms with Crippen molar-refractivity contribution in [3.05, 3.63) is 18.4 Å². The van der Waals surface area contributed by atoms with E-state index in [2.05, 4.69) is 4.42 Å². The molecule has 80 valence electrons. The number of carbonyl (C=O) groups is 1. The second-order valence-electron chi connectivity index (χ2n) is 2.56. The zero-order valence-corrected chi connectivity index (χ0v) is 7.62. The molecule has 0 spiro atoms. The Hall–Kier alpha value is -1.53. The van der Waals surface area contributed by atoms with Crippen LogP contribution in [0.4, 0.5) is 0 Å². The summed E-state index contributed by atoms with van der Waals surface area (Å²) < 4.78 is 4.39. The van der Waals surface area contributed by atoms with E-state index in [-0.39, 0.29) is 5.95 Å². The Balaban J connectivity index is 0.000000249. The maximum Gasteiger partial charge on any atom is 0.323 e. The predicted molar refractivity (Wildman–Crippen MR) is 47.7 cm³/mol. The van der Waals surface area contributed by atoms with Gasteiger partial charge >= 0.3 is 5.97 Å². The first-order valence-corrected chi connectivity index (χ1v) is 3.84. The van der Waals surface area contributed by atoms with Gasteiger partial charge < -0.3 is 25.5 Å². The van der Waals surface area contributed by atoms with Gasteiger partial charge in [0.05, 0.1) is 12.4 Å². The molecule has 0 aromatic carbocycles. The van der Waals surface area contributed by atoms with Gasteiger partial charge in [-0.3, -0.25) is 4.79 Å². The van der Waals surface area contributed by atoms with Crippen LogP contribution in [0.5, 0.6) is 5.95 Å². The van der Waals surface area contributed by atoms with E-state index in [4.69, 9.17) is 21.1 Å². The first-order chi connectivity index (χ1) is 6.45. The SMILES string of the molecule is CC(O)C(N)C(=O)O.Oc1ccco1. The van der Waals surface area contributed by atoms with Crippen LogP contribution in [0.3, 0.4) is 0 Å². The second kappa shape index (κ2) is 6.01. The first-order valence-electron chi connectivity index (χ1n) is 3.84. The average Bonchev–Trinajstić information content (AvgIpc) is 2.55. The highest BCUT2D eigenvalue weighted by molar-refractivity contribution is 5.73. The summed E-state index contributed by atoms with van der Waals surface area (Å²) in [5.41, 5.74) is 4.91. The minimum absolute atomic E-state index is 0.0324. The van der Waals surface area contributed by atoms with Crippen molar-refractivity contribution in [3.63, 3.8) is 0 Å². The fraction of sp³-hybridized carbons (Fsp3) is 0.375. The summed E-state index contributed by atoms with van der Waals surface area (Å²) >= 11 is 0. The lowest BCUT2D eigenvalue weighted by Crippen LogP contribution is -2.39. The van der Waals surface area contributed by atoms with Crippen molar-refractivity contribution in [2.75, 3.05) is 0 Å². The van der Waals surface area contributed by atoms with Crippen LogP contribution in [0.2, 0.25) is 0 Å². The molecule has 0 aliphatic carbocycles. The topological polar surface area (TPSA) is 117 Å². The summed E-state index contributed by atoms with van der Waals surface area (Å²) in [6, 6.07) is 1.94. The highest BCUT2D eigenvalue weighted by Crippen LogP contribution is 2.04. The number of aliphatic hydroxyl groups is 1. The number of aliphatic hydroxyl groups excluding tert-OH is 1. The molecule has 5 N–H and O–H groups in total. The normalized spacial score (nSPS) is 13.6. The number of aromatic hydroxyl groups is 1. The molecule has 6 heteroatoms. The van der Waals surface area contributed by atoms with E-state index < -0.39 is 18.1 Å². The number of carboxylic acid groups (broad SMARTS) is 1. The Morgan fingerprint density at radius 1 is 1.64 bits per heavy atom. The Labute approximate surface area is 80.6 Å². The predicted octanol–water partition coefficient (Wildman–Crippen LogP) is -0.236. The fourth-order valence-electron chi connectivity index (χ4n) is 0.476. The van der Waals surface area contributed by atoms with Crippen LogP contribution in [-0.2, 0) is 4.79 Å². The number of nitrogens with two attached hydrogens (primary N) is 1. The maximum absolute atomic E-state index is 9.86. The van der Waals surface area contributed by atoms with E-state index >= 15 is 0 Å². The molecule has 2 atom stereocenters. The van der Waals surface area contributed by atoms with Crippen LogP contribution < -0.4 is 5.73 Å². The summed E-state index contributed by atoms with van der Waals surface area (Å²) in [5.74, 6) is -1.21. The standard InChI is InChI=1S/C4H9NO3.C4H4O2/c1-2(6)3(5)4(7)8;5-4-2-1-3-6-4/h2-3,6H,5H2,1H3,(H,7,8);1-3,5H. The largest absolute Gasteiger partial charge is 0.481 e. The summed E-state index contributed by atoms with van der Waals surface area (Å²) in [4.78, 5) is 9.86. The highest BCUT2D eigenvalue weighted by Gasteiger charge is 2.16. The monoisotopic (exact) mass is 203 g/mol. The molecule has 1 aromatic rings. The summed E-state index contributed by atoms with van der Waals surface area (Å²) in [7, 11) is 0. The molecule has 0 bridgehead atoms. The Bertz CT molecular complexity index is 257. The number of hydrogen-bond donors (Lipinski definition) is 4. The van der Waals surface area contributed by atoms with Gasteiger partial charge in [-0.25, -0.2) is 0 Å². The Kier molecular flexibility index (Phi) is 5.35. The molecule has 0 fully saturated rings. The molecular formula is C8H13NO5. The Morgan fingerprint density at radius 2 is 2.21 bits per heavy atom. The van der Waals surface area contributed by atoms with E-state index in [9.17, 15) is 4.79 Å². The van der Waals surface area contributed by atoms with Crippen LogP contribution in [0.1, 0.15) is 6.92 Å². The van der Waals surface area contributed by atoms with E-state index in [0.717, 1.165) is 0 Å². The van der Waals surface area contributed by atoms with E-state index in [1.54, 1.807) is 6.07 Å². The van der Waals surface area contributed by atoms with Crippen molar-refractivity contribution in [1.29, 1.82) is 0 Å². The van der Waals surface area contributed by atoms with Gasteiger partial charge in [0.2, 0.25) is 0 Å². The first kappa shape index (κ1) is 12.5. The Morgan fingerprint density at radius 3 is 2.29 bits per heavy atom. The summed E-state index contributed by atoms with van der Waals surface area (Å²) in [5, 5.41) is 24.9. The zero-order chi connectivity index (χ0) is 11.1. The number of aliphatic carboxylic acids is 1. The number of carboxylic acids is 1. The third-order valence-corrected chi connectivity index (χ3v) is 1.31. The van der Waals surface area contributed by atoms with Crippen LogP contribution in [-0.4, -0.2) is 33.4 Å². The van der Waals surface area contributed by atoms with Gasteiger partial charge in [0.15, 0.2) is 0 Å². The third-order valence-electron chi connectivity index (χ3n) is 1.31. The minimum atomic E-state index is -1.18. The zero-order valence-electron chi connectivity index (χ0n) is 7.62. The quantitative estimate of drug-likeness (QED) is 0.527. The molecule has 0 saturated carbocycles. The van der Waals surface area contributed by atoms with Crippen LogP contribution in [0, 0.1) is 0 Å². The van der Waals surface area contributed by atoms with Crippen molar-refractivity contribution in [2.24, 2.45) is 5.73 Å². The molecule has 0 aliphatic rings. The molecule has 6 nitrogen and oxygen atoms in total. The molecule has 1 rings (SSSR count). The van der Waals surface area contributed by atoms with E-state index in [1.807, 2.05) is 0 Å². The molecule has 0 radical (unpaired) electrons. The maximum atomic E-state index is 9.86. The fourth-order valence-corrected chi connectivity index (χ4v) is 0.476. The van der Waals surface area contributed by atoms with Gasteiger partial charge in [-0.2, -0.15) is 0 Å². The van der Waals surface area contributed by atoms with Crippen molar-refractivity contribution in [2.45, 2.75) is 19.1 Å². The lowest BCUT2D eigenvalue weighted by molar-refractivity contribution is -0.140. The van der Waals surface area contributed by atoms with Crippen LogP contribution in [0.25, 0.3) is 0 Å². The van der Waals surface area contributed by atoms with Gasteiger partial charge in [-0.1, -0.05) is 0 Å². The molecule has 2 unspecified atom stereocenters. The van der Waals surface area contributed by atoms with Gasteiger partial charge in [0.1, 0.15) is 6.04 Å². The van der Waals surface area contributed by atoms with Gasteiger partial charge in [-0.15, -0.1) is 0 Å². The highest BCUT2D eigenvalue weighted by atomic mass is 16.5. The molecule has 1 aromatic heterocycles. The number of rotatable bonds is 2. The summed E-state index contributed by atoms with van der Waals surface area (Å²) in [6.07, 6.45) is 0.433. The van der Waals surface area contributed by atoms with Crippen LogP contribution in [0.15, 0.2) is 22.8 Å². The van der Waals surface area contributed by atoms with E-state index in [0.29, 0.717) is 0 Å². The second-order valence-corrected chi connectivity index (χ2v) is 2.56. The van der Waals surface area contributed by atoms with Crippen LogP contribution >= 0.6 is 0 Å². The minimum Gasteiger partial charge on any atom is -0.481 e. The lowest BCUT2D eigenvalue weighted by Gasteiger charge is -2.06. The van der Waals surface area contributed by atoms with Crippen molar-refractivity contribution in [3.8, 4) is 5.95 Å². The van der Waals surface area contributed by atoms with Gasteiger partial charge in [-0.05, 0) is 13.0 Å². The number of furan rings is 1. The summed E-state index contributed by atoms with van der Waals surface area (Å²) in [6.45, 7) is 1.33. The molecule has 0 aliphatic heterocycles. The lowest BCUT2D eigenvalue weighted by atomic mass is 10.2. The number of hydrogen-bond acceptors (Lipinski definition) is 5. The van der Waals surface area contributed by atoms with Crippen molar-refractivity contribution in [1.82, 2.24) is 0 Å². The van der Waals surface area contributed by atoms with Crippen molar-refractivity contribution < 1.29 is 24.5 Å². The smallest absolute Gasteiger partial charge is 0.323 e.